The van der Waals surface area contributed by atoms with E-state index in [1.165, 1.54) is 0 Å². The Hall–Kier alpha value is -1.13. The largest absolute Gasteiger partial charge is 0.495 e. The number of aliphatic hydroxyl groups is 1. The van der Waals surface area contributed by atoms with E-state index in [2.05, 4.69) is 4.98 Å². The van der Waals surface area contributed by atoms with Crippen molar-refractivity contribution in [1.82, 2.24) is 4.98 Å². The Balaban J connectivity index is 1.91. The Bertz CT molecular complexity index is 350. The molecule has 0 bridgehead atoms. The smallest absolute Gasteiger partial charge is 0.142 e. The first-order valence-corrected chi connectivity index (χ1v) is 6.09. The van der Waals surface area contributed by atoms with Gasteiger partial charge < -0.3 is 14.6 Å². The summed E-state index contributed by atoms with van der Waals surface area (Å²) in [6.45, 7) is 0.860. The zero-order valence-electron chi connectivity index (χ0n) is 10.1. The van der Waals surface area contributed by atoms with E-state index in [1.54, 1.807) is 25.6 Å². The molecule has 1 aromatic rings. The van der Waals surface area contributed by atoms with Crippen LogP contribution in [0, 0.1) is 0 Å². The molecular formula is C13H19NO3. The fourth-order valence-electron chi connectivity index (χ4n) is 2.21. The van der Waals surface area contributed by atoms with Crippen molar-refractivity contribution < 1.29 is 14.6 Å². The monoisotopic (exact) mass is 237 g/mol. The molecule has 2 rings (SSSR count). The molecule has 1 aromatic heterocycles. The first-order valence-electron chi connectivity index (χ1n) is 6.09. The van der Waals surface area contributed by atoms with Gasteiger partial charge in [-0.15, -0.1) is 0 Å². The van der Waals surface area contributed by atoms with E-state index < -0.39 is 6.10 Å². The number of nitrogens with zero attached hydrogens (tertiary/aromatic N) is 1. The summed E-state index contributed by atoms with van der Waals surface area (Å²) in [6.07, 6.45) is 6.96. The average molecular weight is 237 g/mol. The molecule has 4 heteroatoms. The third-order valence-corrected chi connectivity index (χ3v) is 3.18. The van der Waals surface area contributed by atoms with Crippen LogP contribution in [-0.4, -0.2) is 29.9 Å². The minimum Gasteiger partial charge on any atom is -0.495 e. The van der Waals surface area contributed by atoms with Crippen molar-refractivity contribution in [3.8, 4) is 5.75 Å². The highest BCUT2D eigenvalue weighted by Gasteiger charge is 2.19. The van der Waals surface area contributed by atoms with Crippen molar-refractivity contribution >= 4 is 0 Å². The summed E-state index contributed by atoms with van der Waals surface area (Å²) in [6, 6.07) is 1.80. The summed E-state index contributed by atoms with van der Waals surface area (Å²) in [7, 11) is 1.59. The molecule has 0 radical (unpaired) electrons. The maximum absolute atomic E-state index is 10.1. The van der Waals surface area contributed by atoms with Gasteiger partial charge in [-0.2, -0.15) is 0 Å². The molecule has 94 valence electrons. The van der Waals surface area contributed by atoms with E-state index in [-0.39, 0.29) is 0 Å². The van der Waals surface area contributed by atoms with Crippen LogP contribution in [0.15, 0.2) is 18.5 Å². The molecule has 1 N–H and O–H groups in total. The van der Waals surface area contributed by atoms with Gasteiger partial charge >= 0.3 is 0 Å². The Morgan fingerprint density at radius 3 is 3.24 bits per heavy atom. The average Bonchev–Trinajstić information content (AvgIpc) is 2.89. The second-order valence-corrected chi connectivity index (χ2v) is 4.35. The first kappa shape index (κ1) is 12.3. The zero-order chi connectivity index (χ0) is 12.1. The number of hydrogen-bond donors (Lipinski definition) is 1. The van der Waals surface area contributed by atoms with Crippen LogP contribution in [-0.2, 0) is 4.74 Å². The number of aliphatic hydroxyl groups excluding tert-OH is 1. The van der Waals surface area contributed by atoms with Gasteiger partial charge in [0.2, 0.25) is 0 Å². The van der Waals surface area contributed by atoms with Gasteiger partial charge in [0.05, 0.1) is 25.5 Å². The van der Waals surface area contributed by atoms with Crippen LogP contribution in [0.3, 0.4) is 0 Å². The molecular weight excluding hydrogens is 218 g/mol. The Labute approximate surface area is 102 Å². The van der Waals surface area contributed by atoms with Crippen molar-refractivity contribution in [2.45, 2.75) is 37.9 Å². The van der Waals surface area contributed by atoms with Crippen LogP contribution in [0.4, 0.5) is 0 Å². The van der Waals surface area contributed by atoms with Crippen molar-refractivity contribution in [3.05, 3.63) is 24.0 Å². The van der Waals surface area contributed by atoms with Crippen LogP contribution in [0.5, 0.6) is 5.75 Å². The van der Waals surface area contributed by atoms with Crippen molar-refractivity contribution in [2.24, 2.45) is 0 Å². The standard InChI is InChI=1S/C13H19NO3/c1-16-13-9-14-7-6-11(13)12(15)5-4-10-3-2-8-17-10/h6-7,9-10,12,15H,2-5,8H2,1H3. The molecule has 0 aromatic carbocycles. The van der Waals surface area contributed by atoms with Gasteiger partial charge in [-0.1, -0.05) is 0 Å². The number of methoxy groups -OCH3 is 1. The lowest BCUT2D eigenvalue weighted by Crippen LogP contribution is -2.08. The molecule has 2 atom stereocenters. The first-order chi connectivity index (χ1) is 8.31. The molecule has 1 saturated heterocycles. The van der Waals surface area contributed by atoms with E-state index in [1.807, 2.05) is 0 Å². The normalized spacial score (nSPS) is 21.4. The Kier molecular flexibility index (Phi) is 4.34. The number of pyridine rings is 1. The molecule has 1 aliphatic rings. The number of ether oxygens (including phenoxy) is 2. The highest BCUT2D eigenvalue weighted by Crippen LogP contribution is 2.28. The van der Waals surface area contributed by atoms with Crippen LogP contribution < -0.4 is 4.74 Å². The van der Waals surface area contributed by atoms with Crippen LogP contribution in [0.25, 0.3) is 0 Å². The van der Waals surface area contributed by atoms with E-state index >= 15 is 0 Å². The van der Waals surface area contributed by atoms with Gasteiger partial charge in [-0.25, -0.2) is 0 Å². The van der Waals surface area contributed by atoms with Crippen molar-refractivity contribution in [3.63, 3.8) is 0 Å². The van der Waals surface area contributed by atoms with E-state index in [0.717, 1.165) is 31.4 Å². The molecule has 0 aliphatic carbocycles. The number of aromatic nitrogens is 1. The summed E-state index contributed by atoms with van der Waals surface area (Å²) in [5.74, 6) is 0.646. The summed E-state index contributed by atoms with van der Waals surface area (Å²) in [4.78, 5) is 3.98. The van der Waals surface area contributed by atoms with Gasteiger partial charge in [0.25, 0.3) is 0 Å². The van der Waals surface area contributed by atoms with Crippen LogP contribution in [0.1, 0.15) is 37.4 Å². The van der Waals surface area contributed by atoms with Gasteiger partial charge in [-0.05, 0) is 31.7 Å². The fourth-order valence-corrected chi connectivity index (χ4v) is 2.21. The quantitative estimate of drug-likeness (QED) is 0.852. The molecule has 0 spiro atoms. The molecule has 4 nitrogen and oxygen atoms in total. The van der Waals surface area contributed by atoms with E-state index in [9.17, 15) is 5.11 Å². The van der Waals surface area contributed by atoms with Gasteiger partial charge in [0.1, 0.15) is 5.75 Å². The van der Waals surface area contributed by atoms with Gasteiger partial charge in [0.15, 0.2) is 0 Å². The van der Waals surface area contributed by atoms with E-state index in [0.29, 0.717) is 18.3 Å². The van der Waals surface area contributed by atoms with Crippen molar-refractivity contribution in [2.75, 3.05) is 13.7 Å². The molecule has 2 unspecified atom stereocenters. The molecule has 2 heterocycles. The van der Waals surface area contributed by atoms with Gasteiger partial charge in [0, 0.05) is 18.4 Å². The lowest BCUT2D eigenvalue weighted by molar-refractivity contribution is 0.0805. The molecule has 1 fully saturated rings. The predicted molar refractivity (Wildman–Crippen MR) is 64.0 cm³/mol. The zero-order valence-corrected chi connectivity index (χ0v) is 10.1. The highest BCUT2D eigenvalue weighted by molar-refractivity contribution is 5.31. The number of hydrogen-bond acceptors (Lipinski definition) is 4. The summed E-state index contributed by atoms with van der Waals surface area (Å²) >= 11 is 0. The predicted octanol–water partition coefficient (Wildman–Crippen LogP) is 2.08. The number of rotatable bonds is 5. The maximum Gasteiger partial charge on any atom is 0.142 e. The third kappa shape index (κ3) is 3.17. The molecule has 17 heavy (non-hydrogen) atoms. The maximum atomic E-state index is 10.1. The van der Waals surface area contributed by atoms with E-state index in [4.69, 9.17) is 9.47 Å². The minimum absolute atomic E-state index is 0.317. The van der Waals surface area contributed by atoms with Crippen LogP contribution in [0.2, 0.25) is 0 Å². The summed E-state index contributed by atoms with van der Waals surface area (Å²) in [5, 5.41) is 10.1. The van der Waals surface area contributed by atoms with Gasteiger partial charge in [-0.3, -0.25) is 4.98 Å². The third-order valence-electron chi connectivity index (χ3n) is 3.18. The molecule has 0 amide bonds. The topological polar surface area (TPSA) is 51.6 Å². The molecule has 1 aliphatic heterocycles. The SMILES string of the molecule is COc1cnccc1C(O)CCC1CCCO1. The Morgan fingerprint density at radius 1 is 1.65 bits per heavy atom. The Morgan fingerprint density at radius 2 is 2.53 bits per heavy atom. The summed E-state index contributed by atoms with van der Waals surface area (Å²) in [5.41, 5.74) is 0.806. The lowest BCUT2D eigenvalue weighted by Gasteiger charge is -2.16. The summed E-state index contributed by atoms with van der Waals surface area (Å²) < 4.78 is 10.7. The van der Waals surface area contributed by atoms with Crippen LogP contribution >= 0.6 is 0 Å². The molecule has 0 saturated carbocycles. The van der Waals surface area contributed by atoms with Crippen molar-refractivity contribution in [1.29, 1.82) is 0 Å². The highest BCUT2D eigenvalue weighted by atomic mass is 16.5. The minimum atomic E-state index is -0.503. The second-order valence-electron chi connectivity index (χ2n) is 4.35. The lowest BCUT2D eigenvalue weighted by atomic mass is 10.0. The second kappa shape index (κ2) is 5.98. The fraction of sp³-hybridized carbons (Fsp3) is 0.615.